The molecule has 0 saturated carbocycles. The molecule has 0 amide bonds. The minimum atomic E-state index is -0.328. The van der Waals surface area contributed by atoms with Crippen molar-refractivity contribution in [2.24, 2.45) is 0 Å². The fourth-order valence-corrected chi connectivity index (χ4v) is 2.31. The summed E-state index contributed by atoms with van der Waals surface area (Å²) in [4.78, 5) is 13.8. The van der Waals surface area contributed by atoms with E-state index in [-0.39, 0.29) is 5.97 Å². The SMILES string of the molecule is CCOC(=O)c1ccc(N2CCNCC2)c(Cl)c1. The molecule has 1 heterocycles. The minimum Gasteiger partial charge on any atom is -0.462 e. The molecule has 0 bridgehead atoms. The topological polar surface area (TPSA) is 41.6 Å². The van der Waals surface area contributed by atoms with Crippen molar-refractivity contribution in [2.75, 3.05) is 37.7 Å². The van der Waals surface area contributed by atoms with Crippen molar-refractivity contribution >= 4 is 23.3 Å². The number of piperazine rings is 1. The van der Waals surface area contributed by atoms with Crippen molar-refractivity contribution < 1.29 is 9.53 Å². The number of esters is 1. The lowest BCUT2D eigenvalue weighted by atomic mass is 10.2. The van der Waals surface area contributed by atoms with E-state index in [2.05, 4.69) is 10.2 Å². The lowest BCUT2D eigenvalue weighted by Crippen LogP contribution is -2.43. The zero-order valence-corrected chi connectivity index (χ0v) is 11.2. The molecule has 18 heavy (non-hydrogen) atoms. The Morgan fingerprint density at radius 2 is 2.17 bits per heavy atom. The molecule has 0 atom stereocenters. The first-order chi connectivity index (χ1) is 8.72. The van der Waals surface area contributed by atoms with E-state index in [0.717, 1.165) is 31.9 Å². The smallest absolute Gasteiger partial charge is 0.338 e. The van der Waals surface area contributed by atoms with Crippen LogP contribution in [0.4, 0.5) is 5.69 Å². The Bertz CT molecular complexity index is 431. The summed E-state index contributed by atoms with van der Waals surface area (Å²) < 4.78 is 4.95. The Labute approximate surface area is 112 Å². The summed E-state index contributed by atoms with van der Waals surface area (Å²) in [7, 11) is 0. The normalized spacial score (nSPS) is 15.6. The maximum Gasteiger partial charge on any atom is 0.338 e. The highest BCUT2D eigenvalue weighted by molar-refractivity contribution is 6.33. The highest BCUT2D eigenvalue weighted by Crippen LogP contribution is 2.27. The van der Waals surface area contributed by atoms with E-state index in [0.29, 0.717) is 17.2 Å². The maximum absolute atomic E-state index is 11.6. The van der Waals surface area contributed by atoms with Gasteiger partial charge < -0.3 is 15.0 Å². The molecule has 1 aliphatic rings. The number of benzene rings is 1. The van der Waals surface area contributed by atoms with E-state index in [1.165, 1.54) is 0 Å². The zero-order valence-electron chi connectivity index (χ0n) is 10.4. The molecule has 0 unspecified atom stereocenters. The number of rotatable bonds is 3. The zero-order chi connectivity index (χ0) is 13.0. The van der Waals surface area contributed by atoms with Gasteiger partial charge in [0, 0.05) is 26.2 Å². The average molecular weight is 269 g/mol. The van der Waals surface area contributed by atoms with Gasteiger partial charge in [0.2, 0.25) is 0 Å². The van der Waals surface area contributed by atoms with Crippen LogP contribution in [0, 0.1) is 0 Å². The predicted octanol–water partition coefficient (Wildman–Crippen LogP) is 1.93. The summed E-state index contributed by atoms with van der Waals surface area (Å²) in [6.45, 7) is 5.92. The molecule has 2 rings (SSSR count). The molecule has 1 aliphatic heterocycles. The largest absolute Gasteiger partial charge is 0.462 e. The van der Waals surface area contributed by atoms with Crippen LogP contribution in [0.15, 0.2) is 18.2 Å². The van der Waals surface area contributed by atoms with Crippen LogP contribution < -0.4 is 10.2 Å². The van der Waals surface area contributed by atoms with Crippen molar-refractivity contribution in [1.29, 1.82) is 0 Å². The number of anilines is 1. The summed E-state index contributed by atoms with van der Waals surface area (Å²) in [5.41, 5.74) is 1.48. The molecule has 5 heteroatoms. The second-order valence-corrected chi connectivity index (χ2v) is 4.53. The number of hydrogen-bond donors (Lipinski definition) is 1. The molecule has 98 valence electrons. The van der Waals surface area contributed by atoms with Gasteiger partial charge in [-0.1, -0.05) is 11.6 Å². The monoisotopic (exact) mass is 268 g/mol. The van der Waals surface area contributed by atoms with Gasteiger partial charge in [-0.2, -0.15) is 0 Å². The first-order valence-corrected chi connectivity index (χ1v) is 6.52. The molecule has 1 fully saturated rings. The molecule has 1 saturated heterocycles. The van der Waals surface area contributed by atoms with Gasteiger partial charge in [-0.25, -0.2) is 4.79 Å². The van der Waals surface area contributed by atoms with Gasteiger partial charge in [0.25, 0.3) is 0 Å². The second-order valence-electron chi connectivity index (χ2n) is 4.12. The van der Waals surface area contributed by atoms with Gasteiger partial charge in [0.15, 0.2) is 0 Å². The van der Waals surface area contributed by atoms with Crippen LogP contribution in [0.2, 0.25) is 5.02 Å². The van der Waals surface area contributed by atoms with Crippen LogP contribution in [-0.2, 0) is 4.74 Å². The van der Waals surface area contributed by atoms with Crippen LogP contribution in [0.3, 0.4) is 0 Å². The summed E-state index contributed by atoms with van der Waals surface area (Å²) in [6, 6.07) is 5.33. The summed E-state index contributed by atoms with van der Waals surface area (Å²) in [6.07, 6.45) is 0. The molecular formula is C13H17ClN2O2. The van der Waals surface area contributed by atoms with Crippen LogP contribution in [-0.4, -0.2) is 38.8 Å². The van der Waals surface area contributed by atoms with Crippen LogP contribution in [0.1, 0.15) is 17.3 Å². The summed E-state index contributed by atoms with van der Waals surface area (Å²) in [5.74, 6) is -0.328. The number of hydrogen-bond acceptors (Lipinski definition) is 4. The van der Waals surface area contributed by atoms with Gasteiger partial charge in [0.1, 0.15) is 0 Å². The Kier molecular flexibility index (Phi) is 4.44. The number of carbonyl (C=O) groups is 1. The molecule has 4 nitrogen and oxygen atoms in total. The van der Waals surface area contributed by atoms with Crippen LogP contribution in [0.25, 0.3) is 0 Å². The first kappa shape index (κ1) is 13.2. The number of halogens is 1. The average Bonchev–Trinajstić information content (AvgIpc) is 2.40. The Hall–Kier alpha value is -1.26. The number of nitrogens with one attached hydrogen (secondary N) is 1. The number of ether oxygens (including phenoxy) is 1. The van der Waals surface area contributed by atoms with Crippen LogP contribution >= 0.6 is 11.6 Å². The number of carbonyl (C=O) groups excluding carboxylic acids is 1. The fourth-order valence-electron chi connectivity index (χ4n) is 2.01. The molecule has 1 N–H and O–H groups in total. The van der Waals surface area contributed by atoms with Crippen molar-refractivity contribution in [1.82, 2.24) is 5.32 Å². The predicted molar refractivity (Wildman–Crippen MR) is 72.5 cm³/mol. The highest BCUT2D eigenvalue weighted by Gasteiger charge is 2.15. The Balaban J connectivity index is 2.16. The molecular weight excluding hydrogens is 252 g/mol. The van der Waals surface area contributed by atoms with Gasteiger partial charge in [-0.15, -0.1) is 0 Å². The van der Waals surface area contributed by atoms with Crippen molar-refractivity contribution in [3.63, 3.8) is 0 Å². The highest BCUT2D eigenvalue weighted by atomic mass is 35.5. The third-order valence-corrected chi connectivity index (χ3v) is 3.22. The Morgan fingerprint density at radius 3 is 2.78 bits per heavy atom. The van der Waals surface area contributed by atoms with Crippen molar-refractivity contribution in [2.45, 2.75) is 6.92 Å². The number of nitrogens with zero attached hydrogens (tertiary/aromatic N) is 1. The maximum atomic E-state index is 11.6. The molecule has 0 spiro atoms. The molecule has 0 aromatic heterocycles. The second kappa shape index (κ2) is 6.07. The lowest BCUT2D eigenvalue weighted by molar-refractivity contribution is 0.0526. The van der Waals surface area contributed by atoms with Crippen LogP contribution in [0.5, 0.6) is 0 Å². The molecule has 0 radical (unpaired) electrons. The van der Waals surface area contributed by atoms with Gasteiger partial charge in [-0.3, -0.25) is 0 Å². The van der Waals surface area contributed by atoms with Crippen molar-refractivity contribution in [3.05, 3.63) is 28.8 Å². The first-order valence-electron chi connectivity index (χ1n) is 6.14. The van der Waals surface area contributed by atoms with E-state index in [4.69, 9.17) is 16.3 Å². The van der Waals surface area contributed by atoms with Gasteiger partial charge >= 0.3 is 5.97 Å². The minimum absolute atomic E-state index is 0.328. The fraction of sp³-hybridized carbons (Fsp3) is 0.462. The van der Waals surface area contributed by atoms with E-state index in [1.54, 1.807) is 19.1 Å². The summed E-state index contributed by atoms with van der Waals surface area (Å²) >= 11 is 6.24. The van der Waals surface area contributed by atoms with Crippen molar-refractivity contribution in [3.8, 4) is 0 Å². The summed E-state index contributed by atoms with van der Waals surface area (Å²) in [5, 5.41) is 3.89. The third kappa shape index (κ3) is 2.94. The van der Waals surface area contributed by atoms with E-state index in [9.17, 15) is 4.79 Å². The van der Waals surface area contributed by atoms with E-state index in [1.807, 2.05) is 6.07 Å². The molecule has 1 aromatic carbocycles. The molecule has 0 aliphatic carbocycles. The van der Waals surface area contributed by atoms with E-state index >= 15 is 0 Å². The Morgan fingerprint density at radius 1 is 1.44 bits per heavy atom. The van der Waals surface area contributed by atoms with E-state index < -0.39 is 0 Å². The molecule has 1 aromatic rings. The van der Waals surface area contributed by atoms with Gasteiger partial charge in [0.05, 0.1) is 22.9 Å². The third-order valence-electron chi connectivity index (χ3n) is 2.92. The van der Waals surface area contributed by atoms with Gasteiger partial charge in [-0.05, 0) is 25.1 Å². The lowest BCUT2D eigenvalue weighted by Gasteiger charge is -2.30. The quantitative estimate of drug-likeness (QED) is 0.851. The standard InChI is InChI=1S/C13H17ClN2O2/c1-2-18-13(17)10-3-4-12(11(14)9-10)16-7-5-15-6-8-16/h3-4,9,15H,2,5-8H2,1H3.